The van der Waals surface area contributed by atoms with E-state index in [1.165, 1.54) is 0 Å². The molecule has 0 aliphatic carbocycles. The third-order valence-corrected chi connectivity index (χ3v) is 3.14. The molecule has 112 valence electrons. The van der Waals surface area contributed by atoms with Gasteiger partial charge >= 0.3 is 5.97 Å². The van der Waals surface area contributed by atoms with Crippen molar-refractivity contribution in [3.05, 3.63) is 30.5 Å². The van der Waals surface area contributed by atoms with Crippen LogP contribution in [-0.2, 0) is 9.53 Å². The van der Waals surface area contributed by atoms with Gasteiger partial charge in [-0.05, 0) is 25.5 Å². The summed E-state index contributed by atoms with van der Waals surface area (Å²) in [5.74, 6) is 1.46. The minimum Gasteiger partial charge on any atom is -0.496 e. The van der Waals surface area contributed by atoms with E-state index in [4.69, 9.17) is 9.47 Å². The van der Waals surface area contributed by atoms with Crippen molar-refractivity contribution in [1.29, 1.82) is 0 Å². The molecule has 5 heteroatoms. The van der Waals surface area contributed by atoms with E-state index in [2.05, 4.69) is 10.3 Å². The molecule has 1 N–H and O–H groups in total. The Morgan fingerprint density at radius 1 is 1.29 bits per heavy atom. The lowest BCUT2D eigenvalue weighted by molar-refractivity contribution is -0.143. The highest BCUT2D eigenvalue weighted by Crippen LogP contribution is 2.28. The Morgan fingerprint density at radius 3 is 2.90 bits per heavy atom. The maximum absolute atomic E-state index is 11.3. The Hall–Kier alpha value is -2.30. The number of rotatable bonds is 7. The number of hydrogen-bond acceptors (Lipinski definition) is 5. The van der Waals surface area contributed by atoms with E-state index in [1.54, 1.807) is 13.3 Å². The van der Waals surface area contributed by atoms with Crippen LogP contribution in [0.1, 0.15) is 19.8 Å². The summed E-state index contributed by atoms with van der Waals surface area (Å²) in [4.78, 5) is 15.6. The van der Waals surface area contributed by atoms with Gasteiger partial charge < -0.3 is 14.8 Å². The number of carbonyl (C=O) groups is 1. The first-order valence-corrected chi connectivity index (χ1v) is 7.07. The number of esters is 1. The average molecular weight is 288 g/mol. The Balaban J connectivity index is 2.01. The molecular weight excluding hydrogens is 268 g/mol. The second kappa shape index (κ2) is 7.47. The highest BCUT2D eigenvalue weighted by Gasteiger charge is 2.06. The predicted octanol–water partition coefficient (Wildman–Crippen LogP) is 3.00. The minimum atomic E-state index is -0.160. The first kappa shape index (κ1) is 15.1. The number of anilines is 1. The number of benzene rings is 1. The minimum absolute atomic E-state index is 0.160. The normalized spacial score (nSPS) is 10.4. The molecule has 0 fully saturated rings. The fraction of sp³-hybridized carbons (Fsp3) is 0.375. The van der Waals surface area contributed by atoms with Gasteiger partial charge in [-0.15, -0.1) is 0 Å². The topological polar surface area (TPSA) is 60.5 Å². The highest BCUT2D eigenvalue weighted by atomic mass is 16.5. The van der Waals surface area contributed by atoms with Gasteiger partial charge in [-0.2, -0.15) is 0 Å². The van der Waals surface area contributed by atoms with Gasteiger partial charge in [0.15, 0.2) is 0 Å². The van der Waals surface area contributed by atoms with Crippen LogP contribution >= 0.6 is 0 Å². The molecule has 0 radical (unpaired) electrons. The van der Waals surface area contributed by atoms with Crippen LogP contribution in [0.2, 0.25) is 0 Å². The molecule has 1 aromatic heterocycles. The first-order chi connectivity index (χ1) is 10.3. The van der Waals surface area contributed by atoms with E-state index < -0.39 is 0 Å². The third-order valence-electron chi connectivity index (χ3n) is 3.14. The number of pyridine rings is 1. The first-order valence-electron chi connectivity index (χ1n) is 7.07. The summed E-state index contributed by atoms with van der Waals surface area (Å²) in [6.07, 6.45) is 2.87. The third kappa shape index (κ3) is 3.84. The van der Waals surface area contributed by atoms with Crippen LogP contribution in [0.25, 0.3) is 10.8 Å². The summed E-state index contributed by atoms with van der Waals surface area (Å²) in [5, 5.41) is 5.29. The maximum Gasteiger partial charge on any atom is 0.305 e. The number of nitrogens with one attached hydrogen (secondary N) is 1. The Morgan fingerprint density at radius 2 is 2.14 bits per heavy atom. The van der Waals surface area contributed by atoms with Crippen molar-refractivity contribution < 1.29 is 14.3 Å². The molecule has 0 saturated carbocycles. The predicted molar refractivity (Wildman–Crippen MR) is 82.7 cm³/mol. The molecule has 2 aromatic rings. The number of aromatic nitrogens is 1. The van der Waals surface area contributed by atoms with Gasteiger partial charge in [0.05, 0.1) is 13.7 Å². The fourth-order valence-corrected chi connectivity index (χ4v) is 2.17. The van der Waals surface area contributed by atoms with Crippen molar-refractivity contribution in [2.45, 2.75) is 19.8 Å². The van der Waals surface area contributed by atoms with E-state index >= 15 is 0 Å². The molecule has 0 atom stereocenters. The SMILES string of the molecule is CCOC(=O)CCCNc1nccc2c(OC)cccc12. The molecule has 0 saturated heterocycles. The largest absolute Gasteiger partial charge is 0.496 e. The van der Waals surface area contributed by atoms with Crippen molar-refractivity contribution in [3.8, 4) is 5.75 Å². The number of hydrogen-bond donors (Lipinski definition) is 1. The molecule has 21 heavy (non-hydrogen) atoms. The second-order valence-corrected chi connectivity index (χ2v) is 4.55. The monoisotopic (exact) mass is 288 g/mol. The number of fused-ring (bicyclic) bond motifs is 1. The van der Waals surface area contributed by atoms with Crippen LogP contribution in [0.3, 0.4) is 0 Å². The van der Waals surface area contributed by atoms with Crippen molar-refractivity contribution in [2.75, 3.05) is 25.6 Å². The van der Waals surface area contributed by atoms with E-state index in [0.717, 1.165) is 22.3 Å². The van der Waals surface area contributed by atoms with Gasteiger partial charge in [0, 0.05) is 29.9 Å². The quantitative estimate of drug-likeness (QED) is 0.627. The molecule has 2 rings (SSSR count). The molecule has 1 heterocycles. The Bertz CT molecular complexity index is 613. The van der Waals surface area contributed by atoms with Gasteiger partial charge in [0.2, 0.25) is 0 Å². The van der Waals surface area contributed by atoms with Crippen LogP contribution in [0, 0.1) is 0 Å². The average Bonchev–Trinajstić information content (AvgIpc) is 2.51. The Kier molecular flexibility index (Phi) is 5.37. The maximum atomic E-state index is 11.3. The number of carbonyl (C=O) groups excluding carboxylic acids is 1. The standard InChI is InChI=1S/C16H20N2O3/c1-3-21-15(19)8-5-10-17-16-13-6-4-7-14(20-2)12(13)9-11-18-16/h4,6-7,9,11H,3,5,8,10H2,1-2H3,(H,17,18). The lowest BCUT2D eigenvalue weighted by Gasteiger charge is -2.10. The van der Waals surface area contributed by atoms with E-state index in [9.17, 15) is 4.79 Å². The number of ether oxygens (including phenoxy) is 2. The van der Waals surface area contributed by atoms with Gasteiger partial charge in [-0.3, -0.25) is 4.79 Å². The van der Waals surface area contributed by atoms with Crippen molar-refractivity contribution >= 4 is 22.6 Å². The van der Waals surface area contributed by atoms with Gasteiger partial charge in [0.1, 0.15) is 11.6 Å². The molecule has 0 bridgehead atoms. The summed E-state index contributed by atoms with van der Waals surface area (Å²) < 4.78 is 10.2. The summed E-state index contributed by atoms with van der Waals surface area (Å²) >= 11 is 0. The summed E-state index contributed by atoms with van der Waals surface area (Å²) in [6, 6.07) is 7.79. The van der Waals surface area contributed by atoms with Gasteiger partial charge in [-0.1, -0.05) is 12.1 Å². The van der Waals surface area contributed by atoms with Crippen LogP contribution in [0.5, 0.6) is 5.75 Å². The fourth-order valence-electron chi connectivity index (χ4n) is 2.17. The van der Waals surface area contributed by atoms with Crippen molar-refractivity contribution in [3.63, 3.8) is 0 Å². The van der Waals surface area contributed by atoms with E-state index in [1.807, 2.05) is 31.2 Å². The smallest absolute Gasteiger partial charge is 0.305 e. The number of methoxy groups -OCH3 is 1. The van der Waals surface area contributed by atoms with E-state index in [-0.39, 0.29) is 5.97 Å². The van der Waals surface area contributed by atoms with Crippen LogP contribution in [0.15, 0.2) is 30.5 Å². The summed E-state index contributed by atoms with van der Waals surface area (Å²) in [6.45, 7) is 2.91. The van der Waals surface area contributed by atoms with Crippen LogP contribution in [-0.4, -0.2) is 31.2 Å². The zero-order valence-corrected chi connectivity index (χ0v) is 12.4. The lowest BCUT2D eigenvalue weighted by atomic mass is 10.1. The molecule has 0 amide bonds. The Labute approximate surface area is 124 Å². The van der Waals surface area contributed by atoms with E-state index in [0.29, 0.717) is 26.0 Å². The second-order valence-electron chi connectivity index (χ2n) is 4.55. The van der Waals surface area contributed by atoms with Crippen molar-refractivity contribution in [2.24, 2.45) is 0 Å². The molecule has 0 aliphatic rings. The van der Waals surface area contributed by atoms with Crippen LogP contribution < -0.4 is 10.1 Å². The summed E-state index contributed by atoms with van der Waals surface area (Å²) in [7, 11) is 1.65. The van der Waals surface area contributed by atoms with Gasteiger partial charge in [0.25, 0.3) is 0 Å². The molecule has 0 spiro atoms. The zero-order chi connectivity index (χ0) is 15.1. The molecule has 5 nitrogen and oxygen atoms in total. The molecular formula is C16H20N2O3. The molecule has 1 aromatic carbocycles. The molecule has 0 aliphatic heterocycles. The lowest BCUT2D eigenvalue weighted by Crippen LogP contribution is -2.09. The highest BCUT2D eigenvalue weighted by molar-refractivity contribution is 5.95. The van der Waals surface area contributed by atoms with Gasteiger partial charge in [-0.25, -0.2) is 4.98 Å². The van der Waals surface area contributed by atoms with Crippen LogP contribution in [0.4, 0.5) is 5.82 Å². The molecule has 0 unspecified atom stereocenters. The van der Waals surface area contributed by atoms with Crippen molar-refractivity contribution in [1.82, 2.24) is 4.98 Å². The summed E-state index contributed by atoms with van der Waals surface area (Å²) in [5.41, 5.74) is 0. The number of nitrogens with zero attached hydrogens (tertiary/aromatic N) is 1. The zero-order valence-electron chi connectivity index (χ0n) is 12.4.